The molecular weight excluding hydrogens is 422 g/mol. The van der Waals surface area contributed by atoms with Crippen LogP contribution in [0.4, 0.5) is 4.79 Å². The molecule has 0 saturated carbocycles. The zero-order valence-electron chi connectivity index (χ0n) is 19.1. The second-order valence-electron chi connectivity index (χ2n) is 8.61. The Hall–Kier alpha value is -3.07. The van der Waals surface area contributed by atoms with Crippen molar-refractivity contribution in [2.45, 2.75) is 51.2 Å². The molecule has 2 saturated heterocycles. The molecule has 3 aliphatic rings. The molecule has 0 bridgehead atoms. The van der Waals surface area contributed by atoms with Gasteiger partial charge in [0.15, 0.2) is 0 Å². The lowest BCUT2D eigenvalue weighted by Gasteiger charge is -2.32. The van der Waals surface area contributed by atoms with Crippen LogP contribution in [-0.4, -0.2) is 70.8 Å². The summed E-state index contributed by atoms with van der Waals surface area (Å²) in [7, 11) is 0. The van der Waals surface area contributed by atoms with Gasteiger partial charge in [-0.15, -0.1) is 0 Å². The van der Waals surface area contributed by atoms with Gasteiger partial charge in [0, 0.05) is 37.6 Å². The monoisotopic (exact) mass is 455 g/mol. The second kappa shape index (κ2) is 10.7. The van der Waals surface area contributed by atoms with Gasteiger partial charge in [0.1, 0.15) is 0 Å². The third-order valence-corrected chi connectivity index (χ3v) is 6.37. The molecule has 33 heavy (non-hydrogen) atoms. The molecule has 9 heteroatoms. The number of carboxylic acids is 1. The maximum Gasteiger partial charge on any atom is 0.320 e. The standard InChI is InChI=1S/C24H33N5O4/c1-2-33-21-10-8-18(16-26-21)20(15-22(30)31)29-14-13-28(24(29)32)12-4-6-19-9-7-17-5-3-11-25-23(17)27-19/h7-10,16,20,23,25,27H,2-6,11-15H2,1H3,(H,30,31)/t20-,23?/m1/s1. The first kappa shape index (κ1) is 23.1. The first-order chi connectivity index (χ1) is 16.0. The summed E-state index contributed by atoms with van der Waals surface area (Å²) in [4.78, 5) is 32.4. The number of aliphatic carboxylic acids is 1. The fourth-order valence-electron chi connectivity index (χ4n) is 4.69. The van der Waals surface area contributed by atoms with Crippen molar-refractivity contribution in [3.8, 4) is 5.88 Å². The van der Waals surface area contributed by atoms with Gasteiger partial charge in [-0.1, -0.05) is 12.1 Å². The number of nitrogens with one attached hydrogen (secondary N) is 2. The van der Waals surface area contributed by atoms with Crippen LogP contribution in [0.3, 0.4) is 0 Å². The predicted octanol–water partition coefficient (Wildman–Crippen LogP) is 2.64. The third-order valence-electron chi connectivity index (χ3n) is 6.37. The van der Waals surface area contributed by atoms with E-state index in [1.165, 1.54) is 17.7 Å². The predicted molar refractivity (Wildman–Crippen MR) is 124 cm³/mol. The average Bonchev–Trinajstić information content (AvgIpc) is 3.18. The van der Waals surface area contributed by atoms with E-state index in [0.29, 0.717) is 37.7 Å². The van der Waals surface area contributed by atoms with E-state index in [1.807, 2.05) is 11.8 Å². The van der Waals surface area contributed by atoms with Gasteiger partial charge in [-0.3, -0.25) is 10.1 Å². The van der Waals surface area contributed by atoms with Crippen LogP contribution < -0.4 is 15.4 Å². The fourth-order valence-corrected chi connectivity index (χ4v) is 4.69. The van der Waals surface area contributed by atoms with E-state index >= 15 is 0 Å². The summed E-state index contributed by atoms with van der Waals surface area (Å²) in [6.07, 6.45) is 10.1. The number of carbonyl (C=O) groups is 2. The first-order valence-corrected chi connectivity index (χ1v) is 11.8. The number of carboxylic acid groups (broad SMARTS) is 1. The lowest BCUT2D eigenvalue weighted by molar-refractivity contribution is -0.138. The number of urea groups is 1. The highest BCUT2D eigenvalue weighted by Gasteiger charge is 2.35. The summed E-state index contributed by atoms with van der Waals surface area (Å²) >= 11 is 0. The molecule has 1 aromatic rings. The highest BCUT2D eigenvalue weighted by atomic mass is 16.5. The van der Waals surface area contributed by atoms with Gasteiger partial charge in [-0.25, -0.2) is 9.78 Å². The number of fused-ring (bicyclic) bond motifs is 1. The molecule has 2 fully saturated rings. The SMILES string of the molecule is CCOc1ccc([C@@H](CC(=O)O)N2CCN(CCCC3=CC=C4CCCNC4N3)C2=O)cn1. The number of hydrogen-bond donors (Lipinski definition) is 3. The molecule has 1 unspecified atom stereocenters. The molecule has 4 heterocycles. The molecule has 0 radical (unpaired) electrons. The number of hydrogen-bond acceptors (Lipinski definition) is 6. The van der Waals surface area contributed by atoms with Gasteiger partial charge >= 0.3 is 12.0 Å². The van der Waals surface area contributed by atoms with Crippen molar-refractivity contribution in [3.63, 3.8) is 0 Å². The number of allylic oxidation sites excluding steroid dienone is 3. The topological polar surface area (TPSA) is 107 Å². The molecule has 2 atom stereocenters. The van der Waals surface area contributed by atoms with Crippen molar-refractivity contribution in [2.24, 2.45) is 0 Å². The zero-order chi connectivity index (χ0) is 23.2. The van der Waals surface area contributed by atoms with Crippen LogP contribution in [0.15, 0.2) is 41.8 Å². The summed E-state index contributed by atoms with van der Waals surface area (Å²) < 4.78 is 5.38. The molecule has 2 amide bonds. The number of dihydropyridines is 1. The average molecular weight is 456 g/mol. The number of piperidine rings is 1. The van der Waals surface area contributed by atoms with E-state index in [4.69, 9.17) is 4.74 Å². The summed E-state index contributed by atoms with van der Waals surface area (Å²) in [6.45, 7) is 5.16. The summed E-state index contributed by atoms with van der Waals surface area (Å²) in [6, 6.07) is 2.85. The van der Waals surface area contributed by atoms with Gasteiger partial charge in [-0.05, 0) is 56.4 Å². The lowest BCUT2D eigenvalue weighted by Crippen LogP contribution is -2.47. The van der Waals surface area contributed by atoms with Crippen molar-refractivity contribution in [1.82, 2.24) is 25.4 Å². The van der Waals surface area contributed by atoms with E-state index < -0.39 is 12.0 Å². The smallest absolute Gasteiger partial charge is 0.320 e. The molecule has 0 aliphatic carbocycles. The van der Waals surface area contributed by atoms with E-state index in [2.05, 4.69) is 27.8 Å². The number of ether oxygens (including phenoxy) is 1. The van der Waals surface area contributed by atoms with Gasteiger partial charge in [0.2, 0.25) is 5.88 Å². The molecule has 4 rings (SSSR count). The Bertz CT molecular complexity index is 914. The van der Waals surface area contributed by atoms with Crippen molar-refractivity contribution >= 4 is 12.0 Å². The molecule has 3 N–H and O–H groups in total. The molecule has 0 aromatic carbocycles. The number of nitrogens with zero attached hydrogens (tertiary/aromatic N) is 3. The van der Waals surface area contributed by atoms with Crippen LogP contribution in [0.2, 0.25) is 0 Å². The molecule has 9 nitrogen and oxygen atoms in total. The van der Waals surface area contributed by atoms with Crippen molar-refractivity contribution in [2.75, 3.05) is 32.8 Å². The maximum atomic E-state index is 13.1. The molecule has 3 aliphatic heterocycles. The Morgan fingerprint density at radius 2 is 2.21 bits per heavy atom. The van der Waals surface area contributed by atoms with Crippen LogP contribution >= 0.6 is 0 Å². The van der Waals surface area contributed by atoms with Crippen LogP contribution in [0.25, 0.3) is 0 Å². The van der Waals surface area contributed by atoms with Crippen molar-refractivity contribution in [1.29, 1.82) is 0 Å². The summed E-state index contributed by atoms with van der Waals surface area (Å²) in [5.74, 6) is -0.458. The Morgan fingerprint density at radius 1 is 1.33 bits per heavy atom. The highest BCUT2D eigenvalue weighted by Crippen LogP contribution is 2.29. The Kier molecular flexibility index (Phi) is 7.49. The van der Waals surface area contributed by atoms with E-state index in [-0.39, 0.29) is 18.6 Å². The van der Waals surface area contributed by atoms with Gasteiger partial charge < -0.3 is 25.0 Å². The Labute approximate surface area is 194 Å². The second-order valence-corrected chi connectivity index (χ2v) is 8.61. The third kappa shape index (κ3) is 5.65. The van der Waals surface area contributed by atoms with Crippen molar-refractivity contribution in [3.05, 3.63) is 47.3 Å². The minimum atomic E-state index is -0.945. The number of amides is 2. The fraction of sp³-hybridized carbons (Fsp3) is 0.542. The van der Waals surface area contributed by atoms with E-state index in [1.54, 1.807) is 23.2 Å². The van der Waals surface area contributed by atoms with Gasteiger partial charge in [0.05, 0.1) is 25.2 Å². The first-order valence-electron chi connectivity index (χ1n) is 11.8. The molecule has 0 spiro atoms. The van der Waals surface area contributed by atoms with Crippen LogP contribution in [-0.2, 0) is 4.79 Å². The van der Waals surface area contributed by atoms with E-state index in [0.717, 1.165) is 25.8 Å². The van der Waals surface area contributed by atoms with Gasteiger partial charge in [-0.2, -0.15) is 0 Å². The van der Waals surface area contributed by atoms with Gasteiger partial charge in [0.25, 0.3) is 0 Å². The molecule has 178 valence electrons. The minimum Gasteiger partial charge on any atom is -0.481 e. The number of rotatable bonds is 10. The molecule has 1 aromatic heterocycles. The summed E-state index contributed by atoms with van der Waals surface area (Å²) in [5, 5.41) is 16.5. The Balaban J connectivity index is 1.33. The largest absolute Gasteiger partial charge is 0.481 e. The number of carbonyl (C=O) groups excluding carboxylic acids is 1. The number of pyridine rings is 1. The minimum absolute atomic E-state index is 0.114. The Morgan fingerprint density at radius 3 is 2.97 bits per heavy atom. The zero-order valence-corrected chi connectivity index (χ0v) is 19.1. The van der Waals surface area contributed by atoms with Crippen molar-refractivity contribution < 1.29 is 19.4 Å². The quantitative estimate of drug-likeness (QED) is 0.498. The molecular formula is C24H33N5O4. The van der Waals surface area contributed by atoms with Crippen LogP contribution in [0, 0.1) is 0 Å². The number of aromatic nitrogens is 1. The van der Waals surface area contributed by atoms with E-state index in [9.17, 15) is 14.7 Å². The highest BCUT2D eigenvalue weighted by molar-refractivity contribution is 5.78. The van der Waals surface area contributed by atoms with Crippen LogP contribution in [0.5, 0.6) is 5.88 Å². The maximum absolute atomic E-state index is 13.1. The lowest BCUT2D eigenvalue weighted by atomic mass is 9.99. The van der Waals surface area contributed by atoms with Crippen LogP contribution in [0.1, 0.15) is 50.6 Å². The normalized spacial score (nSPS) is 21.1. The summed E-state index contributed by atoms with van der Waals surface area (Å²) in [5.41, 5.74) is 3.30.